The van der Waals surface area contributed by atoms with E-state index in [0.29, 0.717) is 0 Å². The maximum Gasteiger partial charge on any atom is 0.186 e. The molecule has 0 heterocycles. The zero-order chi connectivity index (χ0) is 19.3. The number of hydrogen-bond donors (Lipinski definition) is 0. The molecule has 0 saturated heterocycles. The third-order valence-electron chi connectivity index (χ3n) is 5.62. The number of rotatable bonds is 21. The Morgan fingerprint density at radius 3 is 1.19 bits per heavy atom. The van der Waals surface area contributed by atoms with Gasteiger partial charge in [0.05, 0.1) is 0 Å². The van der Waals surface area contributed by atoms with Gasteiger partial charge in [-0.2, -0.15) is 0 Å². The molecular weight excluding hydrogens is 332 g/mol. The van der Waals surface area contributed by atoms with Gasteiger partial charge in [-0.05, 0) is 25.6 Å². The van der Waals surface area contributed by atoms with E-state index in [9.17, 15) is 0 Å². The predicted molar refractivity (Wildman–Crippen MR) is 123 cm³/mol. The fourth-order valence-corrected chi connectivity index (χ4v) is 5.72. The minimum Gasteiger partial charge on any atom is -0.417 e. The van der Waals surface area contributed by atoms with Crippen molar-refractivity contribution in [2.24, 2.45) is 0 Å². The summed E-state index contributed by atoms with van der Waals surface area (Å²) in [6, 6.07) is 1.34. The third kappa shape index (κ3) is 20.5. The van der Waals surface area contributed by atoms with Crippen molar-refractivity contribution in [3.05, 3.63) is 0 Å². The minimum absolute atomic E-state index is 1.02. The first-order valence-corrected chi connectivity index (χ1v) is 15.4. The first-order valence-electron chi connectivity index (χ1n) is 12.3. The van der Waals surface area contributed by atoms with Crippen LogP contribution in [0.4, 0.5) is 0 Å². The van der Waals surface area contributed by atoms with Gasteiger partial charge in [0.1, 0.15) is 0 Å². The average molecular weight is 385 g/mol. The first kappa shape index (κ1) is 26.2. The second-order valence-electron chi connectivity index (χ2n) is 9.02. The molecule has 26 heavy (non-hydrogen) atoms. The van der Waals surface area contributed by atoms with Crippen LogP contribution in [0, 0.1) is 0 Å². The lowest BCUT2D eigenvalue weighted by molar-refractivity contribution is 0.293. The first-order chi connectivity index (χ1) is 12.6. The molecule has 0 aliphatic heterocycles. The molecule has 0 radical (unpaired) electrons. The molecule has 0 aliphatic carbocycles. The molecule has 0 N–H and O–H groups in total. The second kappa shape index (κ2) is 19.9. The molecule has 0 unspecified atom stereocenters. The quantitative estimate of drug-likeness (QED) is 0.141. The van der Waals surface area contributed by atoms with Crippen molar-refractivity contribution in [3.8, 4) is 0 Å². The summed E-state index contributed by atoms with van der Waals surface area (Å²) < 4.78 is 6.19. The Bertz CT molecular complexity index is 265. The molecule has 0 saturated carbocycles. The molecule has 158 valence electrons. The topological polar surface area (TPSA) is 9.23 Å². The van der Waals surface area contributed by atoms with Crippen LogP contribution in [0.5, 0.6) is 0 Å². The highest BCUT2D eigenvalue weighted by atomic mass is 28.4. The molecule has 0 amide bonds. The second-order valence-corrected chi connectivity index (χ2v) is 13.3. The molecule has 0 bridgehead atoms. The standard InChI is InChI=1S/C24H52OSi/c1-5-7-9-10-11-12-13-14-15-16-17-18-19-20-21-22-23-25-26(3,4)24-8-6-2/h5-24H2,1-4H3. The third-order valence-corrected chi connectivity index (χ3v) is 8.17. The Hall–Kier alpha value is 0.177. The van der Waals surface area contributed by atoms with E-state index in [2.05, 4.69) is 26.9 Å². The van der Waals surface area contributed by atoms with E-state index in [1.165, 1.54) is 122 Å². The van der Waals surface area contributed by atoms with Gasteiger partial charge in [-0.3, -0.25) is 0 Å². The lowest BCUT2D eigenvalue weighted by Crippen LogP contribution is -2.30. The lowest BCUT2D eigenvalue weighted by Gasteiger charge is -2.22. The Labute approximate surface area is 168 Å². The summed E-state index contributed by atoms with van der Waals surface area (Å²) in [5, 5.41) is 0. The summed E-state index contributed by atoms with van der Waals surface area (Å²) >= 11 is 0. The zero-order valence-corrected chi connectivity index (χ0v) is 20.1. The van der Waals surface area contributed by atoms with Gasteiger partial charge in [-0.1, -0.05) is 123 Å². The molecule has 0 spiro atoms. The van der Waals surface area contributed by atoms with Crippen molar-refractivity contribution in [1.29, 1.82) is 0 Å². The monoisotopic (exact) mass is 384 g/mol. The van der Waals surface area contributed by atoms with Gasteiger partial charge in [0, 0.05) is 6.61 Å². The van der Waals surface area contributed by atoms with E-state index in [1.54, 1.807) is 0 Å². The fraction of sp³-hybridized carbons (Fsp3) is 1.00. The van der Waals surface area contributed by atoms with Crippen LogP contribution in [0.25, 0.3) is 0 Å². The van der Waals surface area contributed by atoms with Crippen LogP contribution in [0.2, 0.25) is 19.1 Å². The molecule has 0 fully saturated rings. The van der Waals surface area contributed by atoms with Crippen LogP contribution in [-0.4, -0.2) is 14.9 Å². The highest BCUT2D eigenvalue weighted by Gasteiger charge is 2.20. The molecule has 0 aliphatic rings. The van der Waals surface area contributed by atoms with Gasteiger partial charge >= 0.3 is 0 Å². The molecule has 0 rings (SSSR count). The van der Waals surface area contributed by atoms with Gasteiger partial charge in [-0.15, -0.1) is 0 Å². The molecule has 2 heteroatoms. The number of hydrogen-bond acceptors (Lipinski definition) is 1. The highest BCUT2D eigenvalue weighted by Crippen LogP contribution is 2.17. The fourth-order valence-electron chi connectivity index (χ4n) is 3.67. The SMILES string of the molecule is CCCCCCCCCCCCCCCCCCO[Si](C)(C)CCCC. The number of unbranched alkanes of at least 4 members (excludes halogenated alkanes) is 16. The Morgan fingerprint density at radius 2 is 0.808 bits per heavy atom. The Morgan fingerprint density at radius 1 is 0.462 bits per heavy atom. The summed E-state index contributed by atoms with van der Waals surface area (Å²) in [4.78, 5) is 0. The van der Waals surface area contributed by atoms with Crippen molar-refractivity contribution >= 4 is 8.32 Å². The molecule has 0 aromatic rings. The summed E-state index contributed by atoms with van der Waals surface area (Å²) in [6.45, 7) is 10.4. The van der Waals surface area contributed by atoms with Crippen LogP contribution in [0.3, 0.4) is 0 Å². The van der Waals surface area contributed by atoms with Crippen LogP contribution >= 0.6 is 0 Å². The lowest BCUT2D eigenvalue weighted by atomic mass is 10.0. The van der Waals surface area contributed by atoms with Crippen molar-refractivity contribution in [1.82, 2.24) is 0 Å². The van der Waals surface area contributed by atoms with Gasteiger partial charge in [0.2, 0.25) is 0 Å². The summed E-state index contributed by atoms with van der Waals surface area (Å²) in [6.07, 6.45) is 25.6. The summed E-state index contributed by atoms with van der Waals surface area (Å²) in [7, 11) is -1.33. The van der Waals surface area contributed by atoms with E-state index < -0.39 is 8.32 Å². The summed E-state index contributed by atoms with van der Waals surface area (Å²) in [5.41, 5.74) is 0. The van der Waals surface area contributed by atoms with Crippen molar-refractivity contribution in [2.45, 2.75) is 149 Å². The summed E-state index contributed by atoms with van der Waals surface area (Å²) in [5.74, 6) is 0. The minimum atomic E-state index is -1.33. The normalized spacial score (nSPS) is 12.0. The Balaban J connectivity index is 3.13. The van der Waals surface area contributed by atoms with Crippen LogP contribution in [0.1, 0.15) is 129 Å². The van der Waals surface area contributed by atoms with Crippen LogP contribution in [-0.2, 0) is 4.43 Å². The van der Waals surface area contributed by atoms with Gasteiger partial charge in [0.25, 0.3) is 0 Å². The van der Waals surface area contributed by atoms with E-state index in [0.717, 1.165) is 6.61 Å². The van der Waals surface area contributed by atoms with E-state index in [-0.39, 0.29) is 0 Å². The Kier molecular flexibility index (Phi) is 20.1. The highest BCUT2D eigenvalue weighted by molar-refractivity contribution is 6.71. The van der Waals surface area contributed by atoms with Crippen molar-refractivity contribution in [2.75, 3.05) is 6.61 Å². The maximum atomic E-state index is 6.19. The van der Waals surface area contributed by atoms with E-state index >= 15 is 0 Å². The van der Waals surface area contributed by atoms with Gasteiger partial charge in [0.15, 0.2) is 8.32 Å². The van der Waals surface area contributed by atoms with Crippen molar-refractivity contribution < 1.29 is 4.43 Å². The molecule has 0 aromatic heterocycles. The van der Waals surface area contributed by atoms with Gasteiger partial charge in [-0.25, -0.2) is 0 Å². The largest absolute Gasteiger partial charge is 0.417 e. The zero-order valence-electron chi connectivity index (χ0n) is 19.1. The van der Waals surface area contributed by atoms with E-state index in [1.807, 2.05) is 0 Å². The van der Waals surface area contributed by atoms with Crippen LogP contribution < -0.4 is 0 Å². The van der Waals surface area contributed by atoms with E-state index in [4.69, 9.17) is 4.43 Å². The maximum absolute atomic E-state index is 6.19. The molecule has 1 nitrogen and oxygen atoms in total. The van der Waals surface area contributed by atoms with Crippen LogP contribution in [0.15, 0.2) is 0 Å². The predicted octanol–water partition coefficient (Wildman–Crippen LogP) is 9.27. The smallest absolute Gasteiger partial charge is 0.186 e. The van der Waals surface area contributed by atoms with Gasteiger partial charge < -0.3 is 4.43 Å². The molecule has 0 atom stereocenters. The molecular formula is C24H52OSi. The average Bonchev–Trinajstić information content (AvgIpc) is 2.62. The van der Waals surface area contributed by atoms with Crippen molar-refractivity contribution in [3.63, 3.8) is 0 Å². The molecule has 0 aromatic carbocycles.